The summed E-state index contributed by atoms with van der Waals surface area (Å²) in [5.41, 5.74) is 7.82. The highest BCUT2D eigenvalue weighted by Gasteiger charge is 2.32. The lowest BCUT2D eigenvalue weighted by Gasteiger charge is -2.37. The SMILES string of the molecule is Cc1ccc(-c2ccccc2C(=O)Nc2ccc(N3CCC(C(C(=O)NCc4ccccc4)c4ccccc4)CC3)cc2)cc1. The van der Waals surface area contributed by atoms with E-state index in [2.05, 4.69) is 71.0 Å². The van der Waals surface area contributed by atoms with Crippen molar-refractivity contribution in [3.63, 3.8) is 0 Å². The second-order valence-corrected chi connectivity index (χ2v) is 11.8. The molecule has 45 heavy (non-hydrogen) atoms. The molecule has 1 aliphatic rings. The quantitative estimate of drug-likeness (QED) is 0.181. The van der Waals surface area contributed by atoms with Crippen LogP contribution in [0.1, 0.15) is 45.8 Å². The molecular formula is C40H39N3O2. The van der Waals surface area contributed by atoms with Crippen molar-refractivity contribution in [2.75, 3.05) is 23.3 Å². The summed E-state index contributed by atoms with van der Waals surface area (Å²) in [5, 5.41) is 6.28. The van der Waals surface area contributed by atoms with E-state index in [1.54, 1.807) is 0 Å². The average Bonchev–Trinajstić information content (AvgIpc) is 3.09. The van der Waals surface area contributed by atoms with Crippen molar-refractivity contribution in [2.24, 2.45) is 5.92 Å². The molecule has 2 N–H and O–H groups in total. The fourth-order valence-corrected chi connectivity index (χ4v) is 6.30. The summed E-state index contributed by atoms with van der Waals surface area (Å²) in [7, 11) is 0. The van der Waals surface area contributed by atoms with E-state index in [-0.39, 0.29) is 23.7 Å². The summed E-state index contributed by atoms with van der Waals surface area (Å²) in [6.45, 7) is 4.33. The topological polar surface area (TPSA) is 61.4 Å². The number of hydrogen-bond acceptors (Lipinski definition) is 3. The molecule has 226 valence electrons. The van der Waals surface area contributed by atoms with Gasteiger partial charge in [-0.2, -0.15) is 0 Å². The van der Waals surface area contributed by atoms with Gasteiger partial charge in [-0.25, -0.2) is 0 Å². The first-order chi connectivity index (χ1) is 22.0. The molecule has 0 aromatic heterocycles. The zero-order valence-electron chi connectivity index (χ0n) is 25.7. The van der Waals surface area contributed by atoms with Crippen LogP contribution in [0, 0.1) is 12.8 Å². The minimum absolute atomic E-state index is 0.0903. The molecule has 0 radical (unpaired) electrons. The third-order valence-corrected chi connectivity index (χ3v) is 8.79. The second kappa shape index (κ2) is 14.1. The lowest BCUT2D eigenvalue weighted by molar-refractivity contribution is -0.124. The molecule has 5 nitrogen and oxygen atoms in total. The van der Waals surface area contributed by atoms with Gasteiger partial charge in [-0.3, -0.25) is 9.59 Å². The lowest BCUT2D eigenvalue weighted by atomic mass is 9.79. The number of hydrogen-bond donors (Lipinski definition) is 2. The van der Waals surface area contributed by atoms with Crippen molar-refractivity contribution in [1.29, 1.82) is 0 Å². The van der Waals surface area contributed by atoms with Gasteiger partial charge in [0.15, 0.2) is 0 Å². The molecule has 1 atom stereocenters. The minimum atomic E-state index is -0.183. The van der Waals surface area contributed by atoms with Gasteiger partial charge in [0.05, 0.1) is 5.92 Å². The molecule has 1 fully saturated rings. The van der Waals surface area contributed by atoms with Crippen LogP contribution < -0.4 is 15.5 Å². The van der Waals surface area contributed by atoms with Gasteiger partial charge in [0.1, 0.15) is 0 Å². The highest BCUT2D eigenvalue weighted by atomic mass is 16.2. The van der Waals surface area contributed by atoms with Crippen LogP contribution in [0.3, 0.4) is 0 Å². The summed E-state index contributed by atoms with van der Waals surface area (Å²) in [6, 6.07) is 44.3. The van der Waals surface area contributed by atoms with Gasteiger partial charge in [-0.1, -0.05) is 109 Å². The Hall–Kier alpha value is -5.16. The van der Waals surface area contributed by atoms with E-state index in [9.17, 15) is 9.59 Å². The predicted molar refractivity (Wildman–Crippen MR) is 183 cm³/mol. The minimum Gasteiger partial charge on any atom is -0.372 e. The van der Waals surface area contributed by atoms with E-state index in [0.29, 0.717) is 12.1 Å². The maximum atomic E-state index is 13.6. The van der Waals surface area contributed by atoms with Gasteiger partial charge in [-0.15, -0.1) is 0 Å². The smallest absolute Gasteiger partial charge is 0.256 e. The Morgan fingerprint density at radius 2 is 1.36 bits per heavy atom. The van der Waals surface area contributed by atoms with Gasteiger partial charge in [0, 0.05) is 36.6 Å². The van der Waals surface area contributed by atoms with E-state index in [0.717, 1.165) is 59.6 Å². The number of carbonyl (C=O) groups excluding carboxylic acids is 2. The third-order valence-electron chi connectivity index (χ3n) is 8.79. The van der Waals surface area contributed by atoms with Crippen molar-refractivity contribution in [2.45, 2.75) is 32.2 Å². The number of aryl methyl sites for hydroxylation is 1. The molecule has 1 saturated heterocycles. The second-order valence-electron chi connectivity index (χ2n) is 11.8. The highest BCUT2D eigenvalue weighted by molar-refractivity contribution is 6.08. The molecule has 5 aromatic rings. The molecule has 2 amide bonds. The molecule has 1 heterocycles. The summed E-state index contributed by atoms with van der Waals surface area (Å²) in [4.78, 5) is 29.2. The first-order valence-electron chi connectivity index (χ1n) is 15.7. The molecule has 0 spiro atoms. The number of carbonyl (C=O) groups is 2. The number of rotatable bonds is 9. The van der Waals surface area contributed by atoms with Crippen molar-refractivity contribution < 1.29 is 9.59 Å². The molecule has 5 heteroatoms. The van der Waals surface area contributed by atoms with Crippen LogP contribution >= 0.6 is 0 Å². The Kier molecular flexibility index (Phi) is 9.35. The predicted octanol–water partition coefficient (Wildman–Crippen LogP) is 8.23. The summed E-state index contributed by atoms with van der Waals surface area (Å²) in [6.07, 6.45) is 1.85. The summed E-state index contributed by atoms with van der Waals surface area (Å²) >= 11 is 0. The van der Waals surface area contributed by atoms with Gasteiger partial charge >= 0.3 is 0 Å². The first kappa shape index (κ1) is 29.9. The van der Waals surface area contributed by atoms with Gasteiger partial charge in [0.2, 0.25) is 5.91 Å². The van der Waals surface area contributed by atoms with Crippen molar-refractivity contribution in [3.05, 3.63) is 156 Å². The Labute approximate surface area is 265 Å². The van der Waals surface area contributed by atoms with Crippen molar-refractivity contribution in [3.8, 4) is 11.1 Å². The summed E-state index contributed by atoms with van der Waals surface area (Å²) < 4.78 is 0. The van der Waals surface area contributed by atoms with Crippen LogP contribution in [-0.4, -0.2) is 24.9 Å². The normalized spacial score (nSPS) is 14.0. The molecule has 1 aliphatic heterocycles. The summed E-state index contributed by atoms with van der Waals surface area (Å²) in [5.74, 6) is 0.0359. The fourth-order valence-electron chi connectivity index (χ4n) is 6.30. The monoisotopic (exact) mass is 593 g/mol. The Morgan fingerprint density at radius 3 is 2.04 bits per heavy atom. The first-order valence-corrected chi connectivity index (χ1v) is 15.7. The number of piperidine rings is 1. The van der Waals surface area contributed by atoms with Crippen molar-refractivity contribution in [1.82, 2.24) is 5.32 Å². The maximum Gasteiger partial charge on any atom is 0.256 e. The van der Waals surface area contributed by atoms with E-state index in [1.165, 1.54) is 5.56 Å². The number of nitrogens with zero attached hydrogens (tertiary/aromatic N) is 1. The molecule has 0 bridgehead atoms. The molecule has 0 aliphatic carbocycles. The largest absolute Gasteiger partial charge is 0.372 e. The molecule has 5 aromatic carbocycles. The zero-order chi connectivity index (χ0) is 31.0. The Bertz CT molecular complexity index is 1710. The number of amides is 2. The van der Waals surface area contributed by atoms with E-state index >= 15 is 0 Å². The molecule has 6 rings (SSSR count). The fraction of sp³-hybridized carbons (Fsp3) is 0.200. The maximum absolute atomic E-state index is 13.6. The van der Waals surface area contributed by atoms with E-state index in [4.69, 9.17) is 0 Å². The molecule has 0 saturated carbocycles. The van der Waals surface area contributed by atoms with Crippen molar-refractivity contribution >= 4 is 23.2 Å². The lowest BCUT2D eigenvalue weighted by Crippen LogP contribution is -2.40. The van der Waals surface area contributed by atoms with Gasteiger partial charge < -0.3 is 15.5 Å². The average molecular weight is 594 g/mol. The van der Waals surface area contributed by atoms with Crippen LogP contribution in [-0.2, 0) is 11.3 Å². The molecular weight excluding hydrogens is 554 g/mol. The number of benzene rings is 5. The van der Waals surface area contributed by atoms with E-state index in [1.807, 2.05) is 84.9 Å². The van der Waals surface area contributed by atoms with Gasteiger partial charge in [0.25, 0.3) is 5.91 Å². The third kappa shape index (κ3) is 7.32. The van der Waals surface area contributed by atoms with Crippen LogP contribution in [0.25, 0.3) is 11.1 Å². The van der Waals surface area contributed by atoms with Crippen LogP contribution in [0.15, 0.2) is 133 Å². The standard InChI is InChI=1S/C40H39N3O2/c1-29-16-18-31(19-17-29)36-14-8-9-15-37(36)39(44)42-34-20-22-35(23-21-34)43-26-24-33(25-27-43)38(32-12-6-3-7-13-32)40(45)41-28-30-10-4-2-5-11-30/h2-23,33,38H,24-28H2,1H3,(H,41,45)(H,42,44). The Morgan fingerprint density at radius 1 is 0.733 bits per heavy atom. The zero-order valence-corrected chi connectivity index (χ0v) is 25.7. The van der Waals surface area contributed by atoms with Crippen LogP contribution in [0.4, 0.5) is 11.4 Å². The van der Waals surface area contributed by atoms with Gasteiger partial charge in [-0.05, 0) is 78.3 Å². The highest BCUT2D eigenvalue weighted by Crippen LogP contribution is 2.35. The molecule has 1 unspecified atom stereocenters. The van der Waals surface area contributed by atoms with Crippen LogP contribution in [0.5, 0.6) is 0 Å². The number of anilines is 2. The Balaban J connectivity index is 1.09. The number of nitrogens with one attached hydrogen (secondary N) is 2. The van der Waals surface area contributed by atoms with Crippen LogP contribution in [0.2, 0.25) is 0 Å². The van der Waals surface area contributed by atoms with E-state index < -0.39 is 0 Å².